The lowest BCUT2D eigenvalue weighted by molar-refractivity contribution is -0.147. The number of hydrogen-bond acceptors (Lipinski definition) is 5. The van der Waals surface area contributed by atoms with E-state index in [-0.39, 0.29) is 17.6 Å². The Morgan fingerprint density at radius 2 is 2.14 bits per heavy atom. The molecule has 2 amide bonds. The van der Waals surface area contributed by atoms with Gasteiger partial charge in [-0.3, -0.25) is 9.59 Å². The molecule has 1 aliphatic rings. The van der Waals surface area contributed by atoms with Crippen LogP contribution in [0.25, 0.3) is 0 Å². The summed E-state index contributed by atoms with van der Waals surface area (Å²) >= 11 is 0. The largest absolute Gasteiger partial charge is 0.385 e. The van der Waals surface area contributed by atoms with E-state index in [1.54, 1.807) is 16.7 Å². The predicted octanol–water partition coefficient (Wildman–Crippen LogP) is -0.177. The molecule has 0 aromatic carbocycles. The number of methoxy groups -OCH3 is 1. The number of nitrogens with zero attached hydrogens (tertiary/aromatic N) is 4. The molecule has 8 heteroatoms. The summed E-state index contributed by atoms with van der Waals surface area (Å²) in [7, 11) is 1.63. The van der Waals surface area contributed by atoms with Crippen LogP contribution < -0.4 is 5.73 Å². The van der Waals surface area contributed by atoms with Crippen LogP contribution in [0.3, 0.4) is 0 Å². The first-order valence-corrected chi connectivity index (χ1v) is 6.85. The van der Waals surface area contributed by atoms with Crippen LogP contribution in [-0.2, 0) is 9.53 Å². The SMILES string of the molecule is COCCC(C)(C)C(=O)N1CC(n2cc(C(N)=O)nn2)C1. The maximum Gasteiger partial charge on any atom is 0.270 e. The van der Waals surface area contributed by atoms with Crippen molar-refractivity contribution in [3.8, 4) is 0 Å². The summed E-state index contributed by atoms with van der Waals surface area (Å²) in [6.45, 7) is 5.53. The van der Waals surface area contributed by atoms with Crippen LogP contribution in [0.15, 0.2) is 6.20 Å². The van der Waals surface area contributed by atoms with E-state index in [4.69, 9.17) is 10.5 Å². The second kappa shape index (κ2) is 5.80. The van der Waals surface area contributed by atoms with E-state index in [1.165, 1.54) is 6.20 Å². The van der Waals surface area contributed by atoms with Gasteiger partial charge in [0.05, 0.1) is 12.2 Å². The Bertz CT molecular complexity index is 534. The Hall–Kier alpha value is -1.96. The van der Waals surface area contributed by atoms with E-state index in [0.29, 0.717) is 26.1 Å². The number of carbonyl (C=O) groups excluding carboxylic acids is 2. The Labute approximate surface area is 123 Å². The second-order valence-electron chi connectivity index (χ2n) is 5.94. The van der Waals surface area contributed by atoms with E-state index < -0.39 is 11.3 Å². The first-order valence-electron chi connectivity index (χ1n) is 6.85. The van der Waals surface area contributed by atoms with Crippen molar-refractivity contribution in [2.75, 3.05) is 26.8 Å². The van der Waals surface area contributed by atoms with Gasteiger partial charge in [0.2, 0.25) is 5.91 Å². The third kappa shape index (κ3) is 3.21. The molecule has 0 bridgehead atoms. The summed E-state index contributed by atoms with van der Waals surface area (Å²) in [5.74, 6) is -0.500. The van der Waals surface area contributed by atoms with Crippen LogP contribution in [0, 0.1) is 5.41 Å². The highest BCUT2D eigenvalue weighted by Crippen LogP contribution is 2.29. The van der Waals surface area contributed by atoms with Gasteiger partial charge < -0.3 is 15.4 Å². The van der Waals surface area contributed by atoms with Gasteiger partial charge in [-0.1, -0.05) is 19.1 Å². The number of amides is 2. The number of aromatic nitrogens is 3. The smallest absolute Gasteiger partial charge is 0.270 e. The number of primary amides is 1. The van der Waals surface area contributed by atoms with Crippen molar-refractivity contribution in [2.45, 2.75) is 26.3 Å². The highest BCUT2D eigenvalue weighted by molar-refractivity contribution is 5.90. The minimum absolute atomic E-state index is 0.0489. The fourth-order valence-corrected chi connectivity index (χ4v) is 2.25. The lowest BCUT2D eigenvalue weighted by Gasteiger charge is -2.42. The predicted molar refractivity (Wildman–Crippen MR) is 74.4 cm³/mol. The Morgan fingerprint density at radius 3 is 2.67 bits per heavy atom. The van der Waals surface area contributed by atoms with E-state index in [0.717, 1.165) is 0 Å². The molecule has 1 aliphatic heterocycles. The van der Waals surface area contributed by atoms with E-state index in [1.807, 2.05) is 13.8 Å². The van der Waals surface area contributed by atoms with Crippen LogP contribution in [0.1, 0.15) is 36.8 Å². The zero-order valence-electron chi connectivity index (χ0n) is 12.6. The van der Waals surface area contributed by atoms with Crippen molar-refractivity contribution in [3.05, 3.63) is 11.9 Å². The minimum Gasteiger partial charge on any atom is -0.385 e. The van der Waals surface area contributed by atoms with E-state index in [9.17, 15) is 9.59 Å². The molecule has 0 radical (unpaired) electrons. The highest BCUT2D eigenvalue weighted by atomic mass is 16.5. The van der Waals surface area contributed by atoms with Crippen molar-refractivity contribution in [1.29, 1.82) is 0 Å². The molecule has 116 valence electrons. The van der Waals surface area contributed by atoms with Crippen LogP contribution >= 0.6 is 0 Å². The van der Waals surface area contributed by atoms with Gasteiger partial charge in [-0.25, -0.2) is 4.68 Å². The molecule has 2 N–H and O–H groups in total. The standard InChI is InChI=1S/C13H21N5O3/c1-13(2,4-5-21-3)12(20)17-6-9(7-17)18-8-10(11(14)19)15-16-18/h8-9H,4-7H2,1-3H3,(H2,14,19). The molecule has 1 aromatic heterocycles. The number of ether oxygens (including phenoxy) is 1. The molecule has 1 saturated heterocycles. The summed E-state index contributed by atoms with van der Waals surface area (Å²) in [6, 6.07) is 0.0489. The molecule has 1 fully saturated rings. The van der Waals surface area contributed by atoms with Crippen molar-refractivity contribution < 1.29 is 14.3 Å². The molecule has 0 aliphatic carbocycles. The van der Waals surface area contributed by atoms with Gasteiger partial charge in [-0.05, 0) is 6.42 Å². The van der Waals surface area contributed by atoms with E-state index >= 15 is 0 Å². The topological polar surface area (TPSA) is 103 Å². The maximum absolute atomic E-state index is 12.4. The van der Waals surface area contributed by atoms with Gasteiger partial charge in [0.25, 0.3) is 5.91 Å². The first kappa shape index (κ1) is 15.4. The average molecular weight is 295 g/mol. The van der Waals surface area contributed by atoms with Gasteiger partial charge >= 0.3 is 0 Å². The molecule has 0 saturated carbocycles. The molecule has 0 atom stereocenters. The molecular weight excluding hydrogens is 274 g/mol. The quantitative estimate of drug-likeness (QED) is 0.784. The van der Waals surface area contributed by atoms with Crippen LogP contribution in [-0.4, -0.2) is 58.5 Å². The van der Waals surface area contributed by atoms with Crippen molar-refractivity contribution >= 4 is 11.8 Å². The number of likely N-dealkylation sites (tertiary alicyclic amines) is 1. The zero-order valence-corrected chi connectivity index (χ0v) is 12.6. The average Bonchev–Trinajstić information content (AvgIpc) is 2.84. The fourth-order valence-electron chi connectivity index (χ4n) is 2.25. The maximum atomic E-state index is 12.4. The molecular formula is C13H21N5O3. The Balaban J connectivity index is 1.90. The Kier molecular flexibility index (Phi) is 4.26. The molecule has 8 nitrogen and oxygen atoms in total. The van der Waals surface area contributed by atoms with Gasteiger partial charge in [0.15, 0.2) is 5.69 Å². The molecule has 0 unspecified atom stereocenters. The van der Waals surface area contributed by atoms with Crippen molar-refractivity contribution in [1.82, 2.24) is 19.9 Å². The van der Waals surface area contributed by atoms with Crippen molar-refractivity contribution in [3.63, 3.8) is 0 Å². The third-order valence-electron chi connectivity index (χ3n) is 3.80. The highest BCUT2D eigenvalue weighted by Gasteiger charge is 2.39. The summed E-state index contributed by atoms with van der Waals surface area (Å²) in [5, 5.41) is 7.57. The van der Waals surface area contributed by atoms with Gasteiger partial charge in [0, 0.05) is 32.2 Å². The number of nitrogens with two attached hydrogens (primary N) is 1. The lowest BCUT2D eigenvalue weighted by Crippen LogP contribution is -2.54. The van der Waals surface area contributed by atoms with Gasteiger partial charge in [-0.15, -0.1) is 5.10 Å². The Morgan fingerprint density at radius 1 is 1.48 bits per heavy atom. The molecule has 21 heavy (non-hydrogen) atoms. The van der Waals surface area contributed by atoms with Crippen LogP contribution in [0.2, 0.25) is 0 Å². The van der Waals surface area contributed by atoms with Crippen LogP contribution in [0.5, 0.6) is 0 Å². The number of carbonyl (C=O) groups is 2. The summed E-state index contributed by atoms with van der Waals surface area (Å²) in [5.41, 5.74) is 4.83. The number of rotatable bonds is 6. The summed E-state index contributed by atoms with van der Waals surface area (Å²) < 4.78 is 6.63. The molecule has 2 heterocycles. The summed E-state index contributed by atoms with van der Waals surface area (Å²) in [6.07, 6.45) is 2.20. The van der Waals surface area contributed by atoms with Crippen molar-refractivity contribution in [2.24, 2.45) is 11.1 Å². The third-order valence-corrected chi connectivity index (χ3v) is 3.80. The first-order chi connectivity index (χ1) is 9.85. The number of hydrogen-bond donors (Lipinski definition) is 1. The zero-order chi connectivity index (χ0) is 15.6. The normalized spacial score (nSPS) is 15.9. The van der Waals surface area contributed by atoms with Gasteiger partial charge in [0.1, 0.15) is 0 Å². The van der Waals surface area contributed by atoms with Gasteiger partial charge in [-0.2, -0.15) is 0 Å². The summed E-state index contributed by atoms with van der Waals surface area (Å²) in [4.78, 5) is 25.2. The van der Waals surface area contributed by atoms with Crippen LogP contribution in [0.4, 0.5) is 0 Å². The molecule has 0 spiro atoms. The fraction of sp³-hybridized carbons (Fsp3) is 0.692. The molecule has 1 aromatic rings. The lowest BCUT2D eigenvalue weighted by atomic mass is 9.86. The second-order valence-corrected chi connectivity index (χ2v) is 5.94. The minimum atomic E-state index is -0.603. The monoisotopic (exact) mass is 295 g/mol. The molecule has 2 rings (SSSR count). The van der Waals surface area contributed by atoms with E-state index in [2.05, 4.69) is 10.3 Å².